The molecule has 7 nitrogen and oxygen atoms in total. The van der Waals surface area contributed by atoms with Crippen molar-refractivity contribution in [3.63, 3.8) is 0 Å². The summed E-state index contributed by atoms with van der Waals surface area (Å²) in [6.07, 6.45) is 0.978. The number of carbonyl (C=O) groups is 1. The lowest BCUT2D eigenvalue weighted by atomic mass is 10.1. The first-order chi connectivity index (χ1) is 11.4. The topological polar surface area (TPSA) is 90.9 Å². The molecule has 2 aliphatic heterocycles. The summed E-state index contributed by atoms with van der Waals surface area (Å²) in [6.45, 7) is 4.04. The van der Waals surface area contributed by atoms with Gasteiger partial charge in [0, 0.05) is 18.7 Å². The Kier molecular flexibility index (Phi) is 6.08. The van der Waals surface area contributed by atoms with Gasteiger partial charge in [0.05, 0.1) is 4.90 Å². The van der Waals surface area contributed by atoms with Gasteiger partial charge in [-0.2, -0.15) is 0 Å². The predicted molar refractivity (Wildman–Crippen MR) is 98.6 cm³/mol. The lowest BCUT2D eigenvalue weighted by Gasteiger charge is -2.19. The highest BCUT2D eigenvalue weighted by Crippen LogP contribution is 2.23. The van der Waals surface area contributed by atoms with Crippen LogP contribution < -0.4 is 10.0 Å². The monoisotopic (exact) mass is 386 g/mol. The highest BCUT2D eigenvalue weighted by atomic mass is 35.5. The van der Waals surface area contributed by atoms with Crippen LogP contribution >= 0.6 is 12.4 Å². The second kappa shape index (κ2) is 7.72. The quantitative estimate of drug-likeness (QED) is 0.792. The Bertz CT molecular complexity index is 781. The summed E-state index contributed by atoms with van der Waals surface area (Å²) in [5.41, 5.74) is 0.520. The van der Waals surface area contributed by atoms with Gasteiger partial charge in [-0.1, -0.05) is 12.1 Å². The second-order valence-corrected chi connectivity index (χ2v) is 7.90. The predicted octanol–water partition coefficient (Wildman–Crippen LogP) is 0.603. The SMILES string of the molecule is CNCC1CCN(C(=O)C(C)N=C2NS(=O)(=O)c3ccccc32)C1.Cl. The van der Waals surface area contributed by atoms with Gasteiger partial charge in [-0.3, -0.25) is 14.5 Å². The lowest BCUT2D eigenvalue weighted by Crippen LogP contribution is -2.37. The fraction of sp³-hybridized carbons (Fsp3) is 0.500. The Labute approximate surface area is 154 Å². The molecule has 2 unspecified atom stereocenters. The van der Waals surface area contributed by atoms with Gasteiger partial charge in [0.2, 0.25) is 5.91 Å². The van der Waals surface area contributed by atoms with Crippen LogP contribution in [0.25, 0.3) is 0 Å². The number of sulfonamides is 1. The average molecular weight is 387 g/mol. The van der Waals surface area contributed by atoms with E-state index >= 15 is 0 Å². The molecule has 138 valence electrons. The third kappa shape index (κ3) is 3.96. The van der Waals surface area contributed by atoms with Crippen LogP contribution in [-0.4, -0.2) is 57.8 Å². The summed E-state index contributed by atoms with van der Waals surface area (Å²) in [5.74, 6) is 0.645. The average Bonchev–Trinajstić information content (AvgIpc) is 3.11. The number of amidine groups is 1. The number of hydrogen-bond donors (Lipinski definition) is 2. The maximum absolute atomic E-state index is 12.6. The zero-order chi connectivity index (χ0) is 17.3. The van der Waals surface area contributed by atoms with E-state index in [1.165, 1.54) is 6.07 Å². The molecule has 1 fully saturated rings. The van der Waals surface area contributed by atoms with Crippen molar-refractivity contribution in [2.24, 2.45) is 10.9 Å². The first kappa shape index (κ1) is 19.7. The Morgan fingerprint density at radius 2 is 2.16 bits per heavy atom. The molecule has 1 saturated heterocycles. The summed E-state index contributed by atoms with van der Waals surface area (Å²) in [4.78, 5) is 18.9. The highest BCUT2D eigenvalue weighted by Gasteiger charge is 2.33. The maximum Gasteiger partial charge on any atom is 0.263 e. The number of rotatable bonds is 4. The van der Waals surface area contributed by atoms with E-state index < -0.39 is 16.1 Å². The summed E-state index contributed by atoms with van der Waals surface area (Å²) in [7, 11) is -1.67. The van der Waals surface area contributed by atoms with Gasteiger partial charge in [0.25, 0.3) is 10.0 Å². The van der Waals surface area contributed by atoms with E-state index in [-0.39, 0.29) is 29.0 Å². The molecule has 2 atom stereocenters. The van der Waals surface area contributed by atoms with Gasteiger partial charge in [-0.05, 0) is 45.0 Å². The Hall–Kier alpha value is -1.64. The molecule has 9 heteroatoms. The van der Waals surface area contributed by atoms with E-state index in [1.807, 2.05) is 11.9 Å². The summed E-state index contributed by atoms with van der Waals surface area (Å²) in [6, 6.07) is 6.03. The van der Waals surface area contributed by atoms with Crippen molar-refractivity contribution >= 4 is 34.2 Å². The molecule has 3 rings (SSSR count). The molecule has 0 bridgehead atoms. The molecule has 0 radical (unpaired) electrons. The fourth-order valence-corrected chi connectivity index (χ4v) is 4.47. The number of halogens is 1. The Morgan fingerprint density at radius 1 is 1.44 bits per heavy atom. The third-order valence-electron chi connectivity index (χ3n) is 4.43. The molecule has 1 amide bonds. The molecular weight excluding hydrogens is 364 g/mol. The largest absolute Gasteiger partial charge is 0.341 e. The number of hydrogen-bond acceptors (Lipinski definition) is 5. The first-order valence-electron chi connectivity index (χ1n) is 8.06. The smallest absolute Gasteiger partial charge is 0.263 e. The van der Waals surface area contributed by atoms with Crippen LogP contribution in [0.3, 0.4) is 0 Å². The van der Waals surface area contributed by atoms with Gasteiger partial charge >= 0.3 is 0 Å². The van der Waals surface area contributed by atoms with Crippen molar-refractivity contribution in [1.82, 2.24) is 14.9 Å². The van der Waals surface area contributed by atoms with Crippen LogP contribution in [0, 0.1) is 5.92 Å². The molecule has 2 N–H and O–H groups in total. The van der Waals surface area contributed by atoms with E-state index in [9.17, 15) is 13.2 Å². The van der Waals surface area contributed by atoms with E-state index in [0.29, 0.717) is 11.5 Å². The van der Waals surface area contributed by atoms with Crippen molar-refractivity contribution in [3.8, 4) is 0 Å². The number of fused-ring (bicyclic) bond motifs is 1. The number of aliphatic imine (C=N–C) groups is 1. The molecule has 1 aromatic carbocycles. The fourth-order valence-electron chi connectivity index (χ4n) is 3.23. The number of nitrogens with zero attached hydrogens (tertiary/aromatic N) is 2. The summed E-state index contributed by atoms with van der Waals surface area (Å²) < 4.78 is 26.6. The number of likely N-dealkylation sites (tertiary alicyclic amines) is 1. The van der Waals surface area contributed by atoms with Crippen LogP contribution in [0.1, 0.15) is 18.9 Å². The maximum atomic E-state index is 12.6. The molecule has 0 aliphatic carbocycles. The molecule has 1 aromatic rings. The summed E-state index contributed by atoms with van der Waals surface area (Å²) in [5, 5.41) is 3.13. The molecule has 0 spiro atoms. The number of nitrogens with one attached hydrogen (secondary N) is 2. The minimum Gasteiger partial charge on any atom is -0.341 e. The van der Waals surface area contributed by atoms with Crippen LogP contribution in [-0.2, 0) is 14.8 Å². The molecule has 25 heavy (non-hydrogen) atoms. The Morgan fingerprint density at radius 3 is 2.88 bits per heavy atom. The van der Waals surface area contributed by atoms with Crippen LogP contribution in [0.4, 0.5) is 0 Å². The van der Waals surface area contributed by atoms with Gasteiger partial charge in [-0.25, -0.2) is 8.42 Å². The first-order valence-corrected chi connectivity index (χ1v) is 9.54. The van der Waals surface area contributed by atoms with Crippen molar-refractivity contribution in [2.45, 2.75) is 24.3 Å². The van der Waals surface area contributed by atoms with E-state index in [0.717, 1.165) is 26.1 Å². The Balaban J connectivity index is 0.00000225. The molecular formula is C16H23ClN4O3S. The van der Waals surface area contributed by atoms with Gasteiger partial charge in [-0.15, -0.1) is 12.4 Å². The zero-order valence-electron chi connectivity index (χ0n) is 14.2. The zero-order valence-corrected chi connectivity index (χ0v) is 15.9. The van der Waals surface area contributed by atoms with Crippen molar-refractivity contribution in [2.75, 3.05) is 26.7 Å². The van der Waals surface area contributed by atoms with Crippen LogP contribution in [0.2, 0.25) is 0 Å². The van der Waals surface area contributed by atoms with E-state index in [2.05, 4.69) is 15.0 Å². The lowest BCUT2D eigenvalue weighted by molar-refractivity contribution is -0.131. The van der Waals surface area contributed by atoms with Gasteiger partial charge in [0.15, 0.2) is 0 Å². The minimum absolute atomic E-state index is 0. The number of benzene rings is 1. The second-order valence-electron chi connectivity index (χ2n) is 6.25. The number of amides is 1. The minimum atomic E-state index is -3.58. The van der Waals surface area contributed by atoms with Crippen molar-refractivity contribution < 1.29 is 13.2 Å². The van der Waals surface area contributed by atoms with Gasteiger partial charge in [0.1, 0.15) is 11.9 Å². The third-order valence-corrected chi connectivity index (χ3v) is 5.83. The van der Waals surface area contributed by atoms with Crippen LogP contribution in [0.5, 0.6) is 0 Å². The van der Waals surface area contributed by atoms with Crippen molar-refractivity contribution in [3.05, 3.63) is 29.8 Å². The van der Waals surface area contributed by atoms with E-state index in [1.54, 1.807) is 25.1 Å². The van der Waals surface area contributed by atoms with Crippen molar-refractivity contribution in [1.29, 1.82) is 0 Å². The van der Waals surface area contributed by atoms with E-state index in [4.69, 9.17) is 0 Å². The summed E-state index contributed by atoms with van der Waals surface area (Å²) >= 11 is 0. The highest BCUT2D eigenvalue weighted by molar-refractivity contribution is 7.90. The molecule has 0 saturated carbocycles. The molecule has 2 aliphatic rings. The standard InChI is InChI=1S/C16H22N4O3S.ClH/c1-11(16(21)20-8-7-12(10-20)9-17-2)18-15-13-5-3-4-6-14(13)24(22,23)19-15;/h3-6,11-12,17H,7-10H2,1-2H3,(H,18,19);1H. The molecule has 0 aromatic heterocycles. The van der Waals surface area contributed by atoms with Crippen LogP contribution in [0.15, 0.2) is 34.2 Å². The number of carbonyl (C=O) groups excluding carboxylic acids is 1. The normalized spacial score (nSPS) is 23.7. The van der Waals surface area contributed by atoms with Gasteiger partial charge < -0.3 is 10.2 Å². The molecule has 2 heterocycles.